The highest BCUT2D eigenvalue weighted by Crippen LogP contribution is 2.15. The number of hydrogen-bond donors (Lipinski definition) is 1. The third-order valence-corrected chi connectivity index (χ3v) is 4.42. The standard InChI is InChI=1S/C20H23ClN2O3/c21-18-4-6-19(7-5-18)26-11-8-22-20(24)17-3-1-2-16(14-17)15-23-9-12-25-13-10-23/h1-7,14H,8-13,15H2,(H,22,24). The summed E-state index contributed by atoms with van der Waals surface area (Å²) in [6, 6.07) is 14.9. The number of morpholine rings is 1. The number of hydrogen-bond acceptors (Lipinski definition) is 4. The molecule has 1 heterocycles. The summed E-state index contributed by atoms with van der Waals surface area (Å²) in [5.74, 6) is 0.643. The molecule has 1 saturated heterocycles. The summed E-state index contributed by atoms with van der Waals surface area (Å²) in [5, 5.41) is 3.56. The van der Waals surface area contributed by atoms with Crippen LogP contribution in [-0.4, -0.2) is 50.3 Å². The monoisotopic (exact) mass is 374 g/mol. The molecule has 26 heavy (non-hydrogen) atoms. The number of nitrogens with zero attached hydrogens (tertiary/aromatic N) is 1. The van der Waals surface area contributed by atoms with Gasteiger partial charge in [0.1, 0.15) is 12.4 Å². The van der Waals surface area contributed by atoms with Gasteiger partial charge in [-0.15, -0.1) is 0 Å². The predicted molar refractivity (Wildman–Crippen MR) is 102 cm³/mol. The molecule has 0 radical (unpaired) electrons. The van der Waals surface area contributed by atoms with E-state index in [1.54, 1.807) is 24.3 Å². The molecule has 0 saturated carbocycles. The smallest absolute Gasteiger partial charge is 0.251 e. The highest BCUT2D eigenvalue weighted by Gasteiger charge is 2.12. The van der Waals surface area contributed by atoms with Crippen LogP contribution in [0.5, 0.6) is 5.75 Å². The Balaban J connectivity index is 1.45. The molecule has 0 aliphatic carbocycles. The van der Waals surface area contributed by atoms with E-state index in [2.05, 4.69) is 16.3 Å². The number of amides is 1. The lowest BCUT2D eigenvalue weighted by molar-refractivity contribution is 0.0342. The first kappa shape index (κ1) is 18.7. The summed E-state index contributed by atoms with van der Waals surface area (Å²) in [6.07, 6.45) is 0. The number of nitrogens with one attached hydrogen (secondary N) is 1. The Labute approximate surface area is 158 Å². The van der Waals surface area contributed by atoms with Crippen LogP contribution in [0.1, 0.15) is 15.9 Å². The average Bonchev–Trinajstić information content (AvgIpc) is 2.67. The zero-order valence-corrected chi connectivity index (χ0v) is 15.4. The van der Waals surface area contributed by atoms with Crippen LogP contribution < -0.4 is 10.1 Å². The lowest BCUT2D eigenvalue weighted by Crippen LogP contribution is -2.35. The second kappa shape index (κ2) is 9.57. The molecule has 2 aromatic carbocycles. The Kier molecular flexibility index (Phi) is 6.89. The van der Waals surface area contributed by atoms with Gasteiger partial charge in [0.2, 0.25) is 0 Å². The molecular formula is C20H23ClN2O3. The molecule has 1 aliphatic rings. The van der Waals surface area contributed by atoms with E-state index in [4.69, 9.17) is 21.1 Å². The van der Waals surface area contributed by atoms with Gasteiger partial charge in [-0.1, -0.05) is 23.7 Å². The van der Waals surface area contributed by atoms with Crippen molar-refractivity contribution in [3.63, 3.8) is 0 Å². The van der Waals surface area contributed by atoms with Gasteiger partial charge in [-0.2, -0.15) is 0 Å². The summed E-state index contributed by atoms with van der Waals surface area (Å²) in [4.78, 5) is 14.7. The van der Waals surface area contributed by atoms with E-state index in [0.29, 0.717) is 23.7 Å². The Morgan fingerprint density at radius 3 is 2.69 bits per heavy atom. The Bertz CT molecular complexity index is 715. The third-order valence-electron chi connectivity index (χ3n) is 4.17. The lowest BCUT2D eigenvalue weighted by atomic mass is 10.1. The van der Waals surface area contributed by atoms with Gasteiger partial charge < -0.3 is 14.8 Å². The molecular weight excluding hydrogens is 352 g/mol. The summed E-state index contributed by atoms with van der Waals surface area (Å²) >= 11 is 5.83. The van der Waals surface area contributed by atoms with E-state index in [1.807, 2.05) is 18.2 Å². The van der Waals surface area contributed by atoms with Gasteiger partial charge in [0.15, 0.2) is 0 Å². The average molecular weight is 375 g/mol. The normalized spacial score (nSPS) is 14.8. The molecule has 0 aromatic heterocycles. The Hall–Kier alpha value is -2.08. The van der Waals surface area contributed by atoms with E-state index in [9.17, 15) is 4.79 Å². The second-order valence-corrected chi connectivity index (χ2v) is 6.58. The quantitative estimate of drug-likeness (QED) is 0.757. The third kappa shape index (κ3) is 5.73. The van der Waals surface area contributed by atoms with E-state index in [-0.39, 0.29) is 5.91 Å². The first-order chi connectivity index (χ1) is 12.7. The molecule has 6 heteroatoms. The van der Waals surface area contributed by atoms with Gasteiger partial charge in [-0.25, -0.2) is 0 Å². The molecule has 0 unspecified atom stereocenters. The molecule has 0 bridgehead atoms. The molecule has 1 N–H and O–H groups in total. The predicted octanol–water partition coefficient (Wildman–Crippen LogP) is 2.98. The van der Waals surface area contributed by atoms with Gasteiger partial charge in [0.25, 0.3) is 5.91 Å². The van der Waals surface area contributed by atoms with Crippen molar-refractivity contribution in [3.8, 4) is 5.75 Å². The Morgan fingerprint density at radius 2 is 1.92 bits per heavy atom. The van der Waals surface area contributed by atoms with Crippen LogP contribution in [0, 0.1) is 0 Å². The van der Waals surface area contributed by atoms with Gasteiger partial charge in [-0.3, -0.25) is 9.69 Å². The number of halogens is 1. The molecule has 1 amide bonds. The highest BCUT2D eigenvalue weighted by molar-refractivity contribution is 6.30. The number of benzene rings is 2. The first-order valence-corrected chi connectivity index (χ1v) is 9.14. The van der Waals surface area contributed by atoms with Crippen molar-refractivity contribution < 1.29 is 14.3 Å². The SMILES string of the molecule is O=C(NCCOc1ccc(Cl)cc1)c1cccc(CN2CCOCC2)c1. The first-order valence-electron chi connectivity index (χ1n) is 8.76. The maximum atomic E-state index is 12.3. The minimum atomic E-state index is -0.0893. The van der Waals surface area contributed by atoms with Crippen LogP contribution in [0.15, 0.2) is 48.5 Å². The lowest BCUT2D eigenvalue weighted by Gasteiger charge is -2.26. The van der Waals surface area contributed by atoms with Gasteiger partial charge in [0, 0.05) is 30.2 Å². The van der Waals surface area contributed by atoms with Crippen LogP contribution in [0.3, 0.4) is 0 Å². The summed E-state index contributed by atoms with van der Waals surface area (Å²) in [6.45, 7) is 5.08. The van der Waals surface area contributed by atoms with Crippen molar-refractivity contribution in [2.75, 3.05) is 39.5 Å². The molecule has 0 atom stereocenters. The minimum Gasteiger partial charge on any atom is -0.492 e. The van der Waals surface area contributed by atoms with Crippen LogP contribution in [0.4, 0.5) is 0 Å². The molecule has 0 spiro atoms. The van der Waals surface area contributed by atoms with Crippen LogP contribution in [-0.2, 0) is 11.3 Å². The Morgan fingerprint density at radius 1 is 1.15 bits per heavy atom. The molecule has 5 nitrogen and oxygen atoms in total. The molecule has 3 rings (SSSR count). The van der Waals surface area contributed by atoms with E-state index < -0.39 is 0 Å². The van der Waals surface area contributed by atoms with E-state index in [1.165, 1.54) is 0 Å². The van der Waals surface area contributed by atoms with Crippen LogP contribution in [0.25, 0.3) is 0 Å². The van der Waals surface area contributed by atoms with E-state index >= 15 is 0 Å². The molecule has 138 valence electrons. The number of carbonyl (C=O) groups excluding carboxylic acids is 1. The zero-order valence-electron chi connectivity index (χ0n) is 14.6. The fraction of sp³-hybridized carbons (Fsp3) is 0.350. The number of carbonyl (C=O) groups is 1. The van der Waals surface area contributed by atoms with Crippen LogP contribution in [0.2, 0.25) is 5.02 Å². The van der Waals surface area contributed by atoms with Crippen molar-refractivity contribution in [1.82, 2.24) is 10.2 Å². The van der Waals surface area contributed by atoms with Crippen molar-refractivity contribution in [3.05, 3.63) is 64.7 Å². The summed E-state index contributed by atoms with van der Waals surface area (Å²) in [5.41, 5.74) is 1.80. The minimum absolute atomic E-state index is 0.0893. The van der Waals surface area contributed by atoms with Gasteiger partial charge in [0.05, 0.1) is 19.8 Å². The molecule has 1 aliphatic heterocycles. The largest absolute Gasteiger partial charge is 0.492 e. The summed E-state index contributed by atoms with van der Waals surface area (Å²) in [7, 11) is 0. The fourth-order valence-electron chi connectivity index (χ4n) is 2.79. The van der Waals surface area contributed by atoms with Gasteiger partial charge >= 0.3 is 0 Å². The maximum absolute atomic E-state index is 12.3. The number of ether oxygens (including phenoxy) is 2. The van der Waals surface area contributed by atoms with Crippen molar-refractivity contribution in [1.29, 1.82) is 0 Å². The van der Waals surface area contributed by atoms with E-state index in [0.717, 1.165) is 44.2 Å². The maximum Gasteiger partial charge on any atom is 0.251 e. The molecule has 2 aromatic rings. The molecule has 1 fully saturated rings. The van der Waals surface area contributed by atoms with Crippen molar-refractivity contribution >= 4 is 17.5 Å². The second-order valence-electron chi connectivity index (χ2n) is 6.15. The zero-order chi connectivity index (χ0) is 18.2. The fourth-order valence-corrected chi connectivity index (χ4v) is 2.92. The topological polar surface area (TPSA) is 50.8 Å². The van der Waals surface area contributed by atoms with Crippen molar-refractivity contribution in [2.45, 2.75) is 6.54 Å². The summed E-state index contributed by atoms with van der Waals surface area (Å²) < 4.78 is 10.9. The van der Waals surface area contributed by atoms with Crippen LogP contribution >= 0.6 is 11.6 Å². The number of rotatable bonds is 7. The highest BCUT2D eigenvalue weighted by atomic mass is 35.5. The van der Waals surface area contributed by atoms with Crippen molar-refractivity contribution in [2.24, 2.45) is 0 Å². The van der Waals surface area contributed by atoms with Gasteiger partial charge in [-0.05, 0) is 42.0 Å².